The zero-order valence-corrected chi connectivity index (χ0v) is 18.1. The van der Waals surface area contributed by atoms with E-state index in [1.54, 1.807) is 43.5 Å². The van der Waals surface area contributed by atoms with Crippen LogP contribution in [-0.2, 0) is 6.54 Å². The number of aromatic nitrogens is 2. The Morgan fingerprint density at radius 3 is 2.52 bits per heavy atom. The van der Waals surface area contributed by atoms with Crippen molar-refractivity contribution >= 4 is 34.3 Å². The van der Waals surface area contributed by atoms with Gasteiger partial charge in [0, 0.05) is 30.2 Å². The van der Waals surface area contributed by atoms with Crippen molar-refractivity contribution in [1.82, 2.24) is 9.97 Å². The van der Waals surface area contributed by atoms with Gasteiger partial charge in [-0.05, 0) is 54.1 Å². The highest BCUT2D eigenvalue weighted by Gasteiger charge is 2.15. The third-order valence-corrected chi connectivity index (χ3v) is 5.19. The van der Waals surface area contributed by atoms with Gasteiger partial charge in [-0.1, -0.05) is 18.2 Å². The number of carbonyl (C=O) groups excluding carboxylic acids is 1. The number of methoxy groups -OCH3 is 1. The Bertz CT molecular complexity index is 1320. The number of hydrogen-bond donors (Lipinski definition) is 2. The SMILES string of the molecule is COc1ccc(C(=O)Nc2cccc(CN(C)c3ncnc4c(C(=O)O)cccc34)c2)cc1. The second-order valence-corrected chi connectivity index (χ2v) is 7.44. The number of anilines is 2. The fourth-order valence-electron chi connectivity index (χ4n) is 3.59. The lowest BCUT2D eigenvalue weighted by Crippen LogP contribution is -2.19. The van der Waals surface area contributed by atoms with Gasteiger partial charge in [0.1, 0.15) is 17.9 Å². The van der Waals surface area contributed by atoms with Gasteiger partial charge in [0.05, 0.1) is 18.2 Å². The Kier molecular flexibility index (Phi) is 6.17. The molecule has 0 fully saturated rings. The molecular weight excluding hydrogens is 420 g/mol. The number of para-hydroxylation sites is 1. The molecular formula is C25H22N4O4. The normalized spacial score (nSPS) is 10.6. The molecule has 0 saturated heterocycles. The summed E-state index contributed by atoms with van der Waals surface area (Å²) in [4.78, 5) is 34.6. The van der Waals surface area contributed by atoms with E-state index in [0.717, 1.165) is 5.56 Å². The quantitative estimate of drug-likeness (QED) is 0.441. The van der Waals surface area contributed by atoms with Crippen molar-refractivity contribution in [3.05, 3.63) is 89.7 Å². The lowest BCUT2D eigenvalue weighted by Gasteiger charge is -2.20. The molecule has 0 aliphatic rings. The third kappa shape index (κ3) is 4.74. The molecule has 0 bridgehead atoms. The number of aromatic carboxylic acids is 1. The van der Waals surface area contributed by atoms with Crippen molar-refractivity contribution in [1.29, 1.82) is 0 Å². The van der Waals surface area contributed by atoms with E-state index in [1.165, 1.54) is 12.4 Å². The van der Waals surface area contributed by atoms with Crippen molar-refractivity contribution in [2.24, 2.45) is 0 Å². The van der Waals surface area contributed by atoms with Crippen LogP contribution in [0.1, 0.15) is 26.3 Å². The van der Waals surface area contributed by atoms with Crippen LogP contribution in [0.25, 0.3) is 10.9 Å². The van der Waals surface area contributed by atoms with Crippen LogP contribution in [0.15, 0.2) is 73.1 Å². The molecule has 166 valence electrons. The minimum atomic E-state index is -1.03. The predicted octanol–water partition coefficient (Wildman–Crippen LogP) is 4.23. The maximum atomic E-state index is 12.6. The molecule has 1 heterocycles. The fraction of sp³-hybridized carbons (Fsp3) is 0.120. The van der Waals surface area contributed by atoms with Crippen molar-refractivity contribution in [3.8, 4) is 5.75 Å². The molecule has 1 aromatic heterocycles. The van der Waals surface area contributed by atoms with Crippen LogP contribution < -0.4 is 15.0 Å². The number of fused-ring (bicyclic) bond motifs is 1. The Labute approximate surface area is 190 Å². The summed E-state index contributed by atoms with van der Waals surface area (Å²) in [5, 5.41) is 13.0. The zero-order chi connectivity index (χ0) is 23.4. The van der Waals surface area contributed by atoms with Crippen LogP contribution in [0.3, 0.4) is 0 Å². The number of nitrogens with zero attached hydrogens (tertiary/aromatic N) is 3. The highest BCUT2D eigenvalue weighted by atomic mass is 16.5. The van der Waals surface area contributed by atoms with Crippen molar-refractivity contribution in [2.75, 3.05) is 24.4 Å². The maximum absolute atomic E-state index is 12.6. The Morgan fingerprint density at radius 1 is 1.03 bits per heavy atom. The van der Waals surface area contributed by atoms with Crippen LogP contribution in [0.5, 0.6) is 5.75 Å². The molecule has 4 rings (SSSR count). The summed E-state index contributed by atoms with van der Waals surface area (Å²) >= 11 is 0. The molecule has 8 heteroatoms. The lowest BCUT2D eigenvalue weighted by atomic mass is 10.1. The van der Waals surface area contributed by atoms with Gasteiger partial charge in [-0.2, -0.15) is 0 Å². The van der Waals surface area contributed by atoms with Crippen molar-refractivity contribution < 1.29 is 19.4 Å². The molecule has 0 atom stereocenters. The topological polar surface area (TPSA) is 105 Å². The molecule has 8 nitrogen and oxygen atoms in total. The number of ether oxygens (including phenoxy) is 1. The van der Waals surface area contributed by atoms with Gasteiger partial charge in [-0.15, -0.1) is 0 Å². The van der Waals surface area contributed by atoms with Crippen LogP contribution in [0, 0.1) is 0 Å². The third-order valence-electron chi connectivity index (χ3n) is 5.19. The summed E-state index contributed by atoms with van der Waals surface area (Å²) in [7, 11) is 3.45. The zero-order valence-electron chi connectivity index (χ0n) is 18.1. The van der Waals surface area contributed by atoms with Gasteiger partial charge in [0.2, 0.25) is 0 Å². The van der Waals surface area contributed by atoms with E-state index in [4.69, 9.17) is 4.74 Å². The first-order chi connectivity index (χ1) is 16.0. The van der Waals surface area contributed by atoms with Crippen LogP contribution in [-0.4, -0.2) is 41.1 Å². The number of carboxylic acids is 1. The van der Waals surface area contributed by atoms with E-state index in [0.29, 0.717) is 40.3 Å². The van der Waals surface area contributed by atoms with Gasteiger partial charge >= 0.3 is 5.97 Å². The Balaban J connectivity index is 1.53. The molecule has 0 aliphatic carbocycles. The highest BCUT2D eigenvalue weighted by Crippen LogP contribution is 2.26. The minimum absolute atomic E-state index is 0.132. The molecule has 3 aromatic carbocycles. The minimum Gasteiger partial charge on any atom is -0.497 e. The predicted molar refractivity (Wildman–Crippen MR) is 126 cm³/mol. The molecule has 0 unspecified atom stereocenters. The summed E-state index contributed by atoms with van der Waals surface area (Å²) in [6, 6.07) is 19.4. The number of rotatable bonds is 7. The Hall–Kier alpha value is -4.46. The molecule has 0 radical (unpaired) electrons. The second-order valence-electron chi connectivity index (χ2n) is 7.44. The van der Waals surface area contributed by atoms with E-state index in [2.05, 4.69) is 15.3 Å². The summed E-state index contributed by atoms with van der Waals surface area (Å²) in [5.74, 6) is 0.0550. The molecule has 0 saturated carbocycles. The van der Waals surface area contributed by atoms with Gasteiger partial charge < -0.3 is 20.1 Å². The van der Waals surface area contributed by atoms with Gasteiger partial charge in [0.15, 0.2) is 0 Å². The first-order valence-corrected chi connectivity index (χ1v) is 10.2. The van der Waals surface area contributed by atoms with Crippen LogP contribution in [0.4, 0.5) is 11.5 Å². The highest BCUT2D eigenvalue weighted by molar-refractivity contribution is 6.05. The largest absolute Gasteiger partial charge is 0.497 e. The molecule has 0 spiro atoms. The monoisotopic (exact) mass is 442 g/mol. The first kappa shape index (κ1) is 21.8. The maximum Gasteiger partial charge on any atom is 0.337 e. The first-order valence-electron chi connectivity index (χ1n) is 10.2. The van der Waals surface area contributed by atoms with Gasteiger partial charge in [0.25, 0.3) is 5.91 Å². The summed E-state index contributed by atoms with van der Waals surface area (Å²) < 4.78 is 5.13. The van der Waals surface area contributed by atoms with E-state index < -0.39 is 5.97 Å². The second kappa shape index (κ2) is 9.35. The fourth-order valence-corrected chi connectivity index (χ4v) is 3.59. The average Bonchev–Trinajstić information content (AvgIpc) is 2.83. The molecule has 2 N–H and O–H groups in total. The molecule has 33 heavy (non-hydrogen) atoms. The van der Waals surface area contributed by atoms with E-state index in [-0.39, 0.29) is 11.5 Å². The summed E-state index contributed by atoms with van der Waals surface area (Å²) in [6.45, 7) is 0.496. The summed E-state index contributed by atoms with van der Waals surface area (Å²) in [5.41, 5.74) is 2.67. The van der Waals surface area contributed by atoms with Gasteiger partial charge in [-0.25, -0.2) is 14.8 Å². The molecule has 0 aliphatic heterocycles. The lowest BCUT2D eigenvalue weighted by molar-refractivity contribution is 0.0698. The Morgan fingerprint density at radius 2 is 1.79 bits per heavy atom. The number of carboxylic acid groups (broad SMARTS) is 1. The summed E-state index contributed by atoms with van der Waals surface area (Å²) in [6.07, 6.45) is 1.37. The van der Waals surface area contributed by atoms with Gasteiger partial charge in [-0.3, -0.25) is 4.79 Å². The number of amides is 1. The van der Waals surface area contributed by atoms with E-state index >= 15 is 0 Å². The standard InChI is InChI=1S/C25H22N4O4/c1-29(23-20-7-4-8-21(25(31)32)22(20)26-15-27-23)14-16-5-3-6-18(13-16)28-24(30)17-9-11-19(33-2)12-10-17/h3-13,15H,14H2,1-2H3,(H,28,30)(H,31,32). The van der Waals surface area contributed by atoms with Crippen molar-refractivity contribution in [3.63, 3.8) is 0 Å². The number of carbonyl (C=O) groups is 2. The van der Waals surface area contributed by atoms with Crippen LogP contribution in [0.2, 0.25) is 0 Å². The molecule has 4 aromatic rings. The van der Waals surface area contributed by atoms with Crippen LogP contribution >= 0.6 is 0 Å². The average molecular weight is 442 g/mol. The van der Waals surface area contributed by atoms with E-state index in [9.17, 15) is 14.7 Å². The smallest absolute Gasteiger partial charge is 0.337 e. The number of nitrogens with one attached hydrogen (secondary N) is 1. The van der Waals surface area contributed by atoms with E-state index in [1.807, 2.05) is 36.2 Å². The number of benzene rings is 3. The van der Waals surface area contributed by atoms with Crippen molar-refractivity contribution in [2.45, 2.75) is 6.54 Å². The number of hydrogen-bond acceptors (Lipinski definition) is 6. The molecule has 1 amide bonds.